The maximum Gasteiger partial charge on any atom is 0.246 e. The van der Waals surface area contributed by atoms with Crippen molar-refractivity contribution in [2.24, 2.45) is 0 Å². The number of ether oxygens (including phenoxy) is 1. The van der Waals surface area contributed by atoms with E-state index in [0.29, 0.717) is 19.6 Å². The second kappa shape index (κ2) is 6.21. The molecule has 0 aliphatic rings. The van der Waals surface area contributed by atoms with Crippen molar-refractivity contribution in [1.82, 2.24) is 5.32 Å². The Kier molecular flexibility index (Phi) is 4.78. The molecule has 0 aromatic carbocycles. The van der Waals surface area contributed by atoms with E-state index in [4.69, 9.17) is 9.15 Å². The quantitative estimate of drug-likeness (QED) is 0.739. The maximum atomic E-state index is 11.1. The SMILES string of the molecule is CCOCC(=O)NCCc1ccco1. The lowest BCUT2D eigenvalue weighted by Gasteiger charge is -2.03. The Labute approximate surface area is 83.2 Å². The lowest BCUT2D eigenvalue weighted by atomic mass is 10.3. The van der Waals surface area contributed by atoms with Gasteiger partial charge in [-0.2, -0.15) is 0 Å². The molecule has 14 heavy (non-hydrogen) atoms. The van der Waals surface area contributed by atoms with Crippen molar-refractivity contribution in [1.29, 1.82) is 0 Å². The highest BCUT2D eigenvalue weighted by Gasteiger charge is 2.00. The van der Waals surface area contributed by atoms with Crippen LogP contribution in [0.25, 0.3) is 0 Å². The molecule has 0 radical (unpaired) electrons. The number of nitrogens with one attached hydrogen (secondary N) is 1. The normalized spacial score (nSPS) is 10.1. The molecule has 1 aromatic heterocycles. The van der Waals surface area contributed by atoms with Crippen LogP contribution in [0.3, 0.4) is 0 Å². The Morgan fingerprint density at radius 1 is 1.64 bits per heavy atom. The number of hydrogen-bond acceptors (Lipinski definition) is 3. The second-order valence-electron chi connectivity index (χ2n) is 2.82. The first-order valence-corrected chi connectivity index (χ1v) is 4.69. The average molecular weight is 197 g/mol. The molecule has 0 spiro atoms. The molecule has 4 heteroatoms. The molecule has 1 heterocycles. The molecular formula is C10H15NO3. The van der Waals surface area contributed by atoms with Crippen molar-refractivity contribution in [2.75, 3.05) is 19.8 Å². The molecule has 0 bridgehead atoms. The van der Waals surface area contributed by atoms with Gasteiger partial charge in [0.25, 0.3) is 0 Å². The zero-order chi connectivity index (χ0) is 10.2. The number of carbonyl (C=O) groups excluding carboxylic acids is 1. The Morgan fingerprint density at radius 2 is 2.50 bits per heavy atom. The van der Waals surface area contributed by atoms with E-state index in [1.54, 1.807) is 6.26 Å². The third-order valence-electron chi connectivity index (χ3n) is 1.71. The van der Waals surface area contributed by atoms with Gasteiger partial charge in [0.2, 0.25) is 5.91 Å². The van der Waals surface area contributed by atoms with E-state index in [-0.39, 0.29) is 12.5 Å². The molecule has 4 nitrogen and oxygen atoms in total. The summed E-state index contributed by atoms with van der Waals surface area (Å²) in [5.74, 6) is 0.792. The van der Waals surface area contributed by atoms with Gasteiger partial charge in [0.1, 0.15) is 12.4 Å². The van der Waals surface area contributed by atoms with Gasteiger partial charge in [0, 0.05) is 19.6 Å². The minimum absolute atomic E-state index is 0.0848. The summed E-state index contributed by atoms with van der Waals surface area (Å²) in [4.78, 5) is 11.1. The molecule has 0 saturated carbocycles. The smallest absolute Gasteiger partial charge is 0.246 e. The van der Waals surface area contributed by atoms with Gasteiger partial charge in [0.15, 0.2) is 0 Å². The van der Waals surface area contributed by atoms with Crippen LogP contribution in [0.5, 0.6) is 0 Å². The summed E-state index contributed by atoms with van der Waals surface area (Å²) in [7, 11) is 0. The first-order valence-electron chi connectivity index (χ1n) is 4.69. The molecule has 0 saturated heterocycles. The molecule has 0 unspecified atom stereocenters. The molecule has 1 amide bonds. The molecule has 0 fully saturated rings. The van der Waals surface area contributed by atoms with Crippen molar-refractivity contribution in [2.45, 2.75) is 13.3 Å². The minimum atomic E-state index is -0.0848. The lowest BCUT2D eigenvalue weighted by molar-refractivity contribution is -0.125. The van der Waals surface area contributed by atoms with Crippen LogP contribution in [-0.2, 0) is 16.0 Å². The summed E-state index contributed by atoms with van der Waals surface area (Å²) >= 11 is 0. The fourth-order valence-corrected chi connectivity index (χ4v) is 1.03. The maximum absolute atomic E-state index is 11.1. The number of amides is 1. The van der Waals surface area contributed by atoms with Crippen LogP contribution in [0.4, 0.5) is 0 Å². The topological polar surface area (TPSA) is 51.5 Å². The third-order valence-corrected chi connectivity index (χ3v) is 1.71. The zero-order valence-corrected chi connectivity index (χ0v) is 8.29. The summed E-state index contributed by atoms with van der Waals surface area (Å²) in [6.07, 6.45) is 2.34. The van der Waals surface area contributed by atoms with Crippen LogP contribution in [0.1, 0.15) is 12.7 Å². The van der Waals surface area contributed by atoms with Gasteiger partial charge >= 0.3 is 0 Å². The third kappa shape index (κ3) is 4.09. The van der Waals surface area contributed by atoms with E-state index in [1.807, 2.05) is 19.1 Å². The van der Waals surface area contributed by atoms with Gasteiger partial charge in [-0.15, -0.1) is 0 Å². The molecule has 78 valence electrons. The van der Waals surface area contributed by atoms with Gasteiger partial charge in [-0.05, 0) is 19.1 Å². The van der Waals surface area contributed by atoms with Gasteiger partial charge in [-0.3, -0.25) is 4.79 Å². The summed E-state index contributed by atoms with van der Waals surface area (Å²) in [5, 5.41) is 2.73. The number of furan rings is 1. The summed E-state index contributed by atoms with van der Waals surface area (Å²) in [6.45, 7) is 3.13. The molecular weight excluding hydrogens is 182 g/mol. The number of hydrogen-bond donors (Lipinski definition) is 1. The van der Waals surface area contributed by atoms with Crippen molar-refractivity contribution in [3.63, 3.8) is 0 Å². The summed E-state index contributed by atoms with van der Waals surface area (Å²) in [5.41, 5.74) is 0. The van der Waals surface area contributed by atoms with Crippen LogP contribution in [-0.4, -0.2) is 25.7 Å². The molecule has 0 atom stereocenters. The Bertz CT molecular complexity index is 256. The van der Waals surface area contributed by atoms with Crippen LogP contribution in [0.15, 0.2) is 22.8 Å². The Morgan fingerprint density at radius 3 is 3.14 bits per heavy atom. The van der Waals surface area contributed by atoms with E-state index >= 15 is 0 Å². The Balaban J connectivity index is 2.06. The van der Waals surface area contributed by atoms with Crippen LogP contribution in [0, 0.1) is 0 Å². The lowest BCUT2D eigenvalue weighted by Crippen LogP contribution is -2.29. The highest BCUT2D eigenvalue weighted by Crippen LogP contribution is 1.99. The standard InChI is InChI=1S/C10H15NO3/c1-2-13-8-10(12)11-6-5-9-4-3-7-14-9/h3-4,7H,2,5-6,8H2,1H3,(H,11,12). The molecule has 1 rings (SSSR count). The summed E-state index contributed by atoms with van der Waals surface area (Å²) < 4.78 is 10.1. The minimum Gasteiger partial charge on any atom is -0.469 e. The van der Waals surface area contributed by atoms with E-state index in [9.17, 15) is 4.79 Å². The fraction of sp³-hybridized carbons (Fsp3) is 0.500. The average Bonchev–Trinajstić information content (AvgIpc) is 2.67. The molecule has 0 aliphatic carbocycles. The first kappa shape index (κ1) is 10.8. The van der Waals surface area contributed by atoms with Crippen LogP contribution >= 0.6 is 0 Å². The fourth-order valence-electron chi connectivity index (χ4n) is 1.03. The molecule has 1 aromatic rings. The van der Waals surface area contributed by atoms with E-state index < -0.39 is 0 Å². The zero-order valence-electron chi connectivity index (χ0n) is 8.29. The van der Waals surface area contributed by atoms with Crippen LogP contribution < -0.4 is 5.32 Å². The highest BCUT2D eigenvalue weighted by molar-refractivity contribution is 5.77. The predicted molar refractivity (Wildman–Crippen MR) is 51.9 cm³/mol. The monoisotopic (exact) mass is 197 g/mol. The number of carbonyl (C=O) groups is 1. The van der Waals surface area contributed by atoms with E-state index in [1.165, 1.54) is 0 Å². The van der Waals surface area contributed by atoms with Crippen molar-refractivity contribution < 1.29 is 13.9 Å². The van der Waals surface area contributed by atoms with Gasteiger partial charge in [-0.1, -0.05) is 0 Å². The van der Waals surface area contributed by atoms with E-state index in [0.717, 1.165) is 5.76 Å². The highest BCUT2D eigenvalue weighted by atomic mass is 16.5. The van der Waals surface area contributed by atoms with E-state index in [2.05, 4.69) is 5.32 Å². The van der Waals surface area contributed by atoms with Crippen LogP contribution in [0.2, 0.25) is 0 Å². The molecule has 1 N–H and O–H groups in total. The van der Waals surface area contributed by atoms with Gasteiger partial charge < -0.3 is 14.5 Å². The van der Waals surface area contributed by atoms with Crippen molar-refractivity contribution >= 4 is 5.91 Å². The molecule has 0 aliphatic heterocycles. The van der Waals surface area contributed by atoms with Crippen molar-refractivity contribution in [3.8, 4) is 0 Å². The summed E-state index contributed by atoms with van der Waals surface area (Å²) in [6, 6.07) is 3.71. The first-order chi connectivity index (χ1) is 6.83. The van der Waals surface area contributed by atoms with Gasteiger partial charge in [0.05, 0.1) is 6.26 Å². The second-order valence-corrected chi connectivity index (χ2v) is 2.82. The predicted octanol–water partition coefficient (Wildman–Crippen LogP) is 0.975. The van der Waals surface area contributed by atoms with Gasteiger partial charge in [-0.25, -0.2) is 0 Å². The van der Waals surface area contributed by atoms with Crippen molar-refractivity contribution in [3.05, 3.63) is 24.2 Å². The largest absolute Gasteiger partial charge is 0.469 e. The Hall–Kier alpha value is -1.29. The number of rotatable bonds is 6.